The van der Waals surface area contributed by atoms with E-state index >= 15 is 0 Å². The van der Waals surface area contributed by atoms with Crippen molar-refractivity contribution in [2.24, 2.45) is 0 Å². The van der Waals surface area contributed by atoms with E-state index in [0.717, 1.165) is 5.56 Å². The molecule has 1 aromatic rings. The lowest BCUT2D eigenvalue weighted by molar-refractivity contribution is -0.133. The Morgan fingerprint density at radius 2 is 1.91 bits per heavy atom. The molecule has 0 radical (unpaired) electrons. The van der Waals surface area contributed by atoms with Crippen LogP contribution in [0.15, 0.2) is 30.3 Å². The zero-order chi connectivity index (χ0) is 16.9. The number of alkyl halides is 3. The Labute approximate surface area is 138 Å². The van der Waals surface area contributed by atoms with Crippen LogP contribution in [0.25, 0.3) is 0 Å². The minimum Gasteiger partial charge on any atom is -0.373 e. The molecule has 1 fully saturated rings. The normalized spacial score (nSPS) is 18.0. The molecular formula is C16H20F3NO2S. The lowest BCUT2D eigenvalue weighted by Crippen LogP contribution is -2.44. The summed E-state index contributed by atoms with van der Waals surface area (Å²) in [4.78, 5) is 13.5. The van der Waals surface area contributed by atoms with Gasteiger partial charge in [-0.05, 0) is 37.1 Å². The second-order valence-corrected chi connectivity index (χ2v) is 6.93. The summed E-state index contributed by atoms with van der Waals surface area (Å²) in [5.41, 5.74) is -3.30. The Bertz CT molecular complexity index is 502. The summed E-state index contributed by atoms with van der Waals surface area (Å²) in [5, 5.41) is -1.10. The molecule has 128 valence electrons. The minimum absolute atomic E-state index is 0.0461. The topological polar surface area (TPSA) is 29.5 Å². The van der Waals surface area contributed by atoms with Gasteiger partial charge in [-0.15, -0.1) is 0 Å². The SMILES string of the molecule is CC(SC(F)(F)F)C(=O)N1CCC(OCc2ccccc2)CC1. The van der Waals surface area contributed by atoms with E-state index in [4.69, 9.17) is 4.74 Å². The monoisotopic (exact) mass is 347 g/mol. The third kappa shape index (κ3) is 6.06. The molecule has 2 rings (SSSR count). The maximum absolute atomic E-state index is 12.3. The Morgan fingerprint density at radius 1 is 1.30 bits per heavy atom. The molecule has 1 atom stereocenters. The number of rotatable bonds is 5. The van der Waals surface area contributed by atoms with Crippen LogP contribution in [0.3, 0.4) is 0 Å². The van der Waals surface area contributed by atoms with Gasteiger partial charge in [-0.1, -0.05) is 30.3 Å². The fraction of sp³-hybridized carbons (Fsp3) is 0.562. The van der Waals surface area contributed by atoms with Crippen molar-refractivity contribution in [1.82, 2.24) is 4.90 Å². The van der Waals surface area contributed by atoms with Crippen LogP contribution in [0.5, 0.6) is 0 Å². The summed E-state index contributed by atoms with van der Waals surface area (Å²) < 4.78 is 42.8. The van der Waals surface area contributed by atoms with E-state index in [9.17, 15) is 18.0 Å². The molecule has 1 saturated heterocycles. The molecule has 0 aromatic heterocycles. The second kappa shape index (κ2) is 8.06. The Balaban J connectivity index is 1.74. The summed E-state index contributed by atoms with van der Waals surface area (Å²) in [6.45, 7) is 2.71. The van der Waals surface area contributed by atoms with Crippen molar-refractivity contribution in [3.63, 3.8) is 0 Å². The number of benzene rings is 1. The van der Waals surface area contributed by atoms with Crippen LogP contribution in [0.2, 0.25) is 0 Å². The van der Waals surface area contributed by atoms with Gasteiger partial charge >= 0.3 is 5.51 Å². The predicted molar refractivity (Wildman–Crippen MR) is 83.9 cm³/mol. The molecule has 0 aliphatic carbocycles. The third-order valence-electron chi connectivity index (χ3n) is 3.74. The molecule has 7 heteroatoms. The van der Waals surface area contributed by atoms with Crippen LogP contribution in [0.1, 0.15) is 25.3 Å². The lowest BCUT2D eigenvalue weighted by atomic mass is 10.1. The molecule has 1 amide bonds. The highest BCUT2D eigenvalue weighted by molar-refractivity contribution is 8.01. The van der Waals surface area contributed by atoms with E-state index in [1.54, 1.807) is 0 Å². The molecule has 0 N–H and O–H groups in total. The van der Waals surface area contributed by atoms with E-state index in [0.29, 0.717) is 32.5 Å². The molecule has 1 aliphatic rings. The number of carbonyl (C=O) groups is 1. The van der Waals surface area contributed by atoms with Crippen molar-refractivity contribution in [2.75, 3.05) is 13.1 Å². The molecule has 0 saturated carbocycles. The number of thioether (sulfide) groups is 1. The Hall–Kier alpha value is -1.21. The molecule has 1 aromatic carbocycles. The third-order valence-corrected chi connectivity index (χ3v) is 4.56. The van der Waals surface area contributed by atoms with Gasteiger partial charge in [0.25, 0.3) is 0 Å². The smallest absolute Gasteiger partial charge is 0.373 e. The second-order valence-electron chi connectivity index (χ2n) is 5.53. The number of carbonyl (C=O) groups excluding carboxylic acids is 1. The largest absolute Gasteiger partial charge is 0.442 e. The van der Waals surface area contributed by atoms with E-state index in [-0.39, 0.29) is 17.9 Å². The van der Waals surface area contributed by atoms with Gasteiger partial charge in [-0.3, -0.25) is 4.79 Å². The zero-order valence-electron chi connectivity index (χ0n) is 12.9. The van der Waals surface area contributed by atoms with Gasteiger partial charge in [-0.25, -0.2) is 0 Å². The first-order valence-corrected chi connectivity index (χ1v) is 8.42. The van der Waals surface area contributed by atoms with Gasteiger partial charge in [-0.2, -0.15) is 13.2 Å². The van der Waals surface area contributed by atoms with Gasteiger partial charge in [0.2, 0.25) is 5.91 Å². The number of ether oxygens (including phenoxy) is 1. The van der Waals surface area contributed by atoms with E-state index < -0.39 is 16.7 Å². The maximum atomic E-state index is 12.3. The van der Waals surface area contributed by atoms with Crippen molar-refractivity contribution in [2.45, 2.75) is 43.2 Å². The molecule has 3 nitrogen and oxygen atoms in total. The number of amides is 1. The van der Waals surface area contributed by atoms with Crippen LogP contribution < -0.4 is 0 Å². The maximum Gasteiger partial charge on any atom is 0.442 e. The standard InChI is InChI=1S/C16H20F3NO2S/c1-12(23-16(17,18)19)15(21)20-9-7-14(8-10-20)22-11-13-5-3-2-4-6-13/h2-6,12,14H,7-11H2,1H3. The molecule has 0 spiro atoms. The Kier molecular flexibility index (Phi) is 6.35. The first-order valence-electron chi connectivity index (χ1n) is 7.54. The summed E-state index contributed by atoms with van der Waals surface area (Å²) in [6, 6.07) is 9.79. The number of likely N-dealkylation sites (tertiary alicyclic amines) is 1. The van der Waals surface area contributed by atoms with Crippen molar-refractivity contribution < 1.29 is 22.7 Å². The summed E-state index contributed by atoms with van der Waals surface area (Å²) in [5.74, 6) is -0.450. The molecular weight excluding hydrogens is 327 g/mol. The van der Waals surface area contributed by atoms with E-state index in [1.165, 1.54) is 11.8 Å². The van der Waals surface area contributed by atoms with Gasteiger partial charge in [0, 0.05) is 13.1 Å². The number of piperidine rings is 1. The fourth-order valence-electron chi connectivity index (χ4n) is 2.54. The molecule has 1 aliphatic heterocycles. The quantitative estimate of drug-likeness (QED) is 0.811. The van der Waals surface area contributed by atoms with Crippen LogP contribution in [-0.4, -0.2) is 40.8 Å². The summed E-state index contributed by atoms with van der Waals surface area (Å²) in [6.07, 6.45) is 1.36. The van der Waals surface area contributed by atoms with Gasteiger partial charge in [0.1, 0.15) is 0 Å². The van der Waals surface area contributed by atoms with Gasteiger partial charge in [0.15, 0.2) is 0 Å². The van der Waals surface area contributed by atoms with Crippen molar-refractivity contribution >= 4 is 17.7 Å². The fourth-order valence-corrected chi connectivity index (χ4v) is 3.19. The Morgan fingerprint density at radius 3 is 2.48 bits per heavy atom. The van der Waals surface area contributed by atoms with Crippen LogP contribution in [0.4, 0.5) is 13.2 Å². The van der Waals surface area contributed by atoms with Gasteiger partial charge in [0.05, 0.1) is 18.0 Å². The van der Waals surface area contributed by atoms with Crippen molar-refractivity contribution in [1.29, 1.82) is 0 Å². The van der Waals surface area contributed by atoms with E-state index in [1.807, 2.05) is 30.3 Å². The van der Waals surface area contributed by atoms with E-state index in [2.05, 4.69) is 0 Å². The number of halogens is 3. The highest BCUT2D eigenvalue weighted by Gasteiger charge is 2.36. The number of hydrogen-bond donors (Lipinski definition) is 0. The summed E-state index contributed by atoms with van der Waals surface area (Å²) in [7, 11) is 0. The zero-order valence-corrected chi connectivity index (χ0v) is 13.7. The highest BCUT2D eigenvalue weighted by atomic mass is 32.2. The molecule has 23 heavy (non-hydrogen) atoms. The first-order chi connectivity index (χ1) is 10.8. The number of nitrogens with zero attached hydrogens (tertiary/aromatic N) is 1. The lowest BCUT2D eigenvalue weighted by Gasteiger charge is -2.33. The average molecular weight is 347 g/mol. The van der Waals surface area contributed by atoms with Crippen molar-refractivity contribution in [3.05, 3.63) is 35.9 Å². The van der Waals surface area contributed by atoms with Gasteiger partial charge < -0.3 is 9.64 Å². The molecule has 1 unspecified atom stereocenters. The predicted octanol–water partition coefficient (Wildman–Crippen LogP) is 3.84. The number of hydrogen-bond acceptors (Lipinski definition) is 3. The van der Waals surface area contributed by atoms with Crippen LogP contribution >= 0.6 is 11.8 Å². The van der Waals surface area contributed by atoms with Crippen molar-refractivity contribution in [3.8, 4) is 0 Å². The highest BCUT2D eigenvalue weighted by Crippen LogP contribution is 2.34. The average Bonchev–Trinajstić information content (AvgIpc) is 2.52. The minimum atomic E-state index is -4.38. The molecule has 0 bridgehead atoms. The van der Waals surface area contributed by atoms with Crippen LogP contribution in [0, 0.1) is 0 Å². The molecule has 1 heterocycles. The van der Waals surface area contributed by atoms with Crippen LogP contribution in [-0.2, 0) is 16.1 Å². The first kappa shape index (κ1) is 18.1. The summed E-state index contributed by atoms with van der Waals surface area (Å²) >= 11 is -0.256.